The Morgan fingerprint density at radius 1 is 1.28 bits per heavy atom. The molecule has 25 heavy (non-hydrogen) atoms. The number of carbonyl (C=O) groups excluding carboxylic acids is 1. The normalized spacial score (nSPS) is 12.7. The molecule has 1 N–H and O–H groups in total. The number of rotatable bonds is 7. The number of aromatic nitrogens is 2. The third-order valence-corrected chi connectivity index (χ3v) is 4.67. The number of nitrogens with zero attached hydrogens (tertiary/aromatic N) is 2. The number of hydrogen-bond acceptors (Lipinski definition) is 7. The van der Waals surface area contributed by atoms with Crippen LogP contribution in [0.2, 0.25) is 0 Å². The summed E-state index contributed by atoms with van der Waals surface area (Å²) in [4.78, 5) is 12.5. The van der Waals surface area contributed by atoms with Crippen molar-refractivity contribution in [2.24, 2.45) is 0 Å². The summed E-state index contributed by atoms with van der Waals surface area (Å²) in [6.45, 7) is 3.06. The van der Waals surface area contributed by atoms with Crippen LogP contribution in [0.1, 0.15) is 41.6 Å². The van der Waals surface area contributed by atoms with Crippen LogP contribution in [-0.2, 0) is 6.42 Å². The predicted molar refractivity (Wildman–Crippen MR) is 95.1 cm³/mol. The van der Waals surface area contributed by atoms with Gasteiger partial charge >= 0.3 is 0 Å². The van der Waals surface area contributed by atoms with E-state index in [1.165, 1.54) is 18.4 Å². The molecule has 1 aliphatic heterocycles. The van der Waals surface area contributed by atoms with Gasteiger partial charge in [0.2, 0.25) is 10.9 Å². The second-order valence-corrected chi connectivity index (χ2v) is 6.68. The molecule has 0 saturated heterocycles. The van der Waals surface area contributed by atoms with Crippen molar-refractivity contribution in [3.05, 3.63) is 22.7 Å². The van der Waals surface area contributed by atoms with Crippen molar-refractivity contribution >= 4 is 22.4 Å². The van der Waals surface area contributed by atoms with E-state index in [-0.39, 0.29) is 5.91 Å². The summed E-state index contributed by atoms with van der Waals surface area (Å²) < 4.78 is 16.4. The average Bonchev–Trinajstić information content (AvgIpc) is 3.08. The van der Waals surface area contributed by atoms with Crippen molar-refractivity contribution < 1.29 is 19.0 Å². The predicted octanol–water partition coefficient (Wildman–Crippen LogP) is 3.30. The molecule has 0 atom stereocenters. The van der Waals surface area contributed by atoms with Crippen LogP contribution < -0.4 is 19.5 Å². The number of anilines is 1. The van der Waals surface area contributed by atoms with Crippen molar-refractivity contribution in [1.29, 1.82) is 0 Å². The number of hydrogen-bond donors (Lipinski definition) is 1. The molecule has 1 amide bonds. The molecule has 7 nitrogen and oxygen atoms in total. The van der Waals surface area contributed by atoms with Crippen LogP contribution in [0.5, 0.6) is 17.2 Å². The van der Waals surface area contributed by atoms with Crippen LogP contribution in [0.25, 0.3) is 0 Å². The number of carbonyl (C=O) groups is 1. The molecule has 0 aliphatic carbocycles. The van der Waals surface area contributed by atoms with Gasteiger partial charge in [0.15, 0.2) is 11.5 Å². The Morgan fingerprint density at radius 3 is 2.92 bits per heavy atom. The molecule has 0 fully saturated rings. The van der Waals surface area contributed by atoms with E-state index in [0.717, 1.165) is 30.7 Å². The quantitative estimate of drug-likeness (QED) is 0.760. The highest BCUT2D eigenvalue weighted by Crippen LogP contribution is 2.40. The zero-order valence-electron chi connectivity index (χ0n) is 14.3. The topological polar surface area (TPSA) is 82.6 Å². The third kappa shape index (κ3) is 4.19. The van der Waals surface area contributed by atoms with Gasteiger partial charge in [-0.1, -0.05) is 31.1 Å². The lowest BCUT2D eigenvalue weighted by atomic mass is 10.1. The first-order chi connectivity index (χ1) is 12.2. The highest BCUT2D eigenvalue weighted by atomic mass is 32.1. The van der Waals surface area contributed by atoms with Gasteiger partial charge in [0.05, 0.1) is 7.11 Å². The standard InChI is InChI=1S/C17H21N3O4S/c1-3-4-5-6-14-19-20-17(25-14)18-16(21)11-9-12(22-2)15-13(10-11)23-7-8-24-15/h9-10H,3-8H2,1-2H3,(H,18,20,21). The van der Waals surface area contributed by atoms with Crippen molar-refractivity contribution in [1.82, 2.24) is 10.2 Å². The minimum atomic E-state index is -0.286. The van der Waals surface area contributed by atoms with Crippen LogP contribution >= 0.6 is 11.3 Å². The van der Waals surface area contributed by atoms with Gasteiger partial charge in [-0.15, -0.1) is 10.2 Å². The van der Waals surface area contributed by atoms with Crippen LogP contribution in [0.3, 0.4) is 0 Å². The lowest BCUT2D eigenvalue weighted by Crippen LogP contribution is -2.18. The first-order valence-electron chi connectivity index (χ1n) is 8.32. The Bertz CT molecular complexity index is 730. The average molecular weight is 363 g/mol. The molecule has 1 aromatic heterocycles. The number of benzene rings is 1. The van der Waals surface area contributed by atoms with E-state index in [0.29, 0.717) is 41.2 Å². The van der Waals surface area contributed by atoms with Crippen molar-refractivity contribution in [2.45, 2.75) is 32.6 Å². The number of ether oxygens (including phenoxy) is 3. The summed E-state index contributed by atoms with van der Waals surface area (Å²) in [5.41, 5.74) is 0.420. The molecule has 2 heterocycles. The maximum atomic E-state index is 12.5. The van der Waals surface area contributed by atoms with E-state index < -0.39 is 0 Å². The molecule has 3 rings (SSSR count). The van der Waals surface area contributed by atoms with E-state index in [2.05, 4.69) is 22.4 Å². The molecule has 0 radical (unpaired) electrons. The summed E-state index contributed by atoms with van der Waals surface area (Å²) in [6, 6.07) is 3.28. The fourth-order valence-corrected chi connectivity index (χ4v) is 3.28. The summed E-state index contributed by atoms with van der Waals surface area (Å²) in [5.74, 6) is 1.22. The number of unbranched alkanes of at least 4 members (excludes halogenated alkanes) is 2. The zero-order chi connectivity index (χ0) is 17.6. The van der Waals surface area contributed by atoms with Gasteiger partial charge in [-0.3, -0.25) is 10.1 Å². The molecule has 8 heteroatoms. The molecule has 0 bridgehead atoms. The van der Waals surface area contributed by atoms with E-state index in [9.17, 15) is 4.79 Å². The monoisotopic (exact) mass is 363 g/mol. The van der Waals surface area contributed by atoms with E-state index in [1.807, 2.05) is 0 Å². The van der Waals surface area contributed by atoms with Crippen LogP contribution in [0, 0.1) is 0 Å². The minimum absolute atomic E-state index is 0.286. The van der Waals surface area contributed by atoms with Gasteiger partial charge in [-0.05, 0) is 18.6 Å². The molecule has 0 spiro atoms. The Kier molecular flexibility index (Phi) is 5.70. The van der Waals surface area contributed by atoms with Crippen molar-refractivity contribution in [2.75, 3.05) is 25.6 Å². The smallest absolute Gasteiger partial charge is 0.257 e. The summed E-state index contributed by atoms with van der Waals surface area (Å²) in [7, 11) is 1.53. The lowest BCUT2D eigenvalue weighted by molar-refractivity contribution is 0.102. The molecular weight excluding hydrogens is 342 g/mol. The molecule has 1 aromatic carbocycles. The summed E-state index contributed by atoms with van der Waals surface area (Å²) in [5, 5.41) is 12.4. The molecule has 0 saturated carbocycles. The van der Waals surface area contributed by atoms with Gasteiger partial charge < -0.3 is 14.2 Å². The molecule has 134 valence electrons. The van der Waals surface area contributed by atoms with E-state index in [1.54, 1.807) is 12.1 Å². The zero-order valence-corrected chi connectivity index (χ0v) is 15.1. The van der Waals surface area contributed by atoms with Crippen LogP contribution in [-0.4, -0.2) is 36.4 Å². The van der Waals surface area contributed by atoms with Gasteiger partial charge in [-0.2, -0.15) is 0 Å². The van der Waals surface area contributed by atoms with Crippen molar-refractivity contribution in [3.63, 3.8) is 0 Å². The number of amides is 1. The highest BCUT2D eigenvalue weighted by molar-refractivity contribution is 7.15. The minimum Gasteiger partial charge on any atom is -0.493 e. The molecule has 2 aromatic rings. The summed E-state index contributed by atoms with van der Waals surface area (Å²) >= 11 is 1.40. The lowest BCUT2D eigenvalue weighted by Gasteiger charge is -2.21. The fourth-order valence-electron chi connectivity index (χ4n) is 2.50. The largest absolute Gasteiger partial charge is 0.493 e. The Hall–Kier alpha value is -2.35. The van der Waals surface area contributed by atoms with Crippen LogP contribution in [0.15, 0.2) is 12.1 Å². The highest BCUT2D eigenvalue weighted by Gasteiger charge is 2.21. The second-order valence-electron chi connectivity index (χ2n) is 5.61. The fraction of sp³-hybridized carbons (Fsp3) is 0.471. The van der Waals surface area contributed by atoms with E-state index in [4.69, 9.17) is 14.2 Å². The number of fused-ring (bicyclic) bond motifs is 1. The SMILES string of the molecule is CCCCCc1nnc(NC(=O)c2cc(OC)c3c(c2)OCCO3)s1. The van der Waals surface area contributed by atoms with Crippen LogP contribution in [0.4, 0.5) is 5.13 Å². The maximum Gasteiger partial charge on any atom is 0.257 e. The number of methoxy groups -OCH3 is 1. The maximum absolute atomic E-state index is 12.5. The molecule has 0 unspecified atom stereocenters. The second kappa shape index (κ2) is 8.15. The number of nitrogens with one attached hydrogen (secondary N) is 1. The van der Waals surface area contributed by atoms with Gasteiger partial charge in [-0.25, -0.2) is 0 Å². The van der Waals surface area contributed by atoms with E-state index >= 15 is 0 Å². The van der Waals surface area contributed by atoms with Crippen molar-refractivity contribution in [3.8, 4) is 17.2 Å². The molecule has 1 aliphatic rings. The van der Waals surface area contributed by atoms with Gasteiger partial charge in [0.25, 0.3) is 5.91 Å². The number of aryl methyl sites for hydroxylation is 1. The first-order valence-corrected chi connectivity index (χ1v) is 9.14. The first kappa shape index (κ1) is 17.5. The Labute approximate surface area is 150 Å². The van der Waals surface area contributed by atoms with Gasteiger partial charge in [0.1, 0.15) is 18.2 Å². The Morgan fingerprint density at radius 2 is 2.12 bits per heavy atom. The van der Waals surface area contributed by atoms with Gasteiger partial charge in [0, 0.05) is 12.0 Å². The molecular formula is C17H21N3O4S. The summed E-state index contributed by atoms with van der Waals surface area (Å²) in [6.07, 6.45) is 4.30. The Balaban J connectivity index is 1.71. The third-order valence-electron chi connectivity index (χ3n) is 3.77.